The molecule has 0 spiro atoms. The van der Waals surface area contributed by atoms with Crippen molar-refractivity contribution in [2.45, 2.75) is 45.4 Å². The highest BCUT2D eigenvalue weighted by Gasteiger charge is 2.02. The third kappa shape index (κ3) is 12.2. The summed E-state index contributed by atoms with van der Waals surface area (Å²) in [5.41, 5.74) is 0. The van der Waals surface area contributed by atoms with E-state index >= 15 is 0 Å². The van der Waals surface area contributed by atoms with E-state index in [2.05, 4.69) is 11.1 Å². The van der Waals surface area contributed by atoms with E-state index in [1.54, 1.807) is 0 Å². The van der Waals surface area contributed by atoms with Crippen LogP contribution in [0.4, 0.5) is 0 Å². The highest BCUT2D eigenvalue weighted by atomic mass is 35.7. The van der Waals surface area contributed by atoms with Gasteiger partial charge in [-0.15, -0.1) is 0 Å². The van der Waals surface area contributed by atoms with E-state index in [1.165, 1.54) is 19.3 Å². The minimum Gasteiger partial charge on any atom is -0.258 e. The molecule has 0 heterocycles. The zero-order valence-corrected chi connectivity index (χ0v) is 9.53. The van der Waals surface area contributed by atoms with Crippen LogP contribution in [0, 0.1) is 0 Å². The van der Waals surface area contributed by atoms with Crippen molar-refractivity contribution in [3.05, 3.63) is 0 Å². The maximum Gasteiger partial charge on any atom is 0.355 e. The van der Waals surface area contributed by atoms with Gasteiger partial charge in [-0.05, 0) is 6.42 Å². The fourth-order valence-electron chi connectivity index (χ4n) is 1.04. The Labute approximate surface area is 85.0 Å². The van der Waals surface area contributed by atoms with Crippen LogP contribution in [-0.4, -0.2) is 15.0 Å². The average Bonchev–Trinajstić information content (AvgIpc) is 2.01. The second-order valence-electron chi connectivity index (χ2n) is 2.98. The van der Waals surface area contributed by atoms with E-state index in [4.69, 9.17) is 10.7 Å². The summed E-state index contributed by atoms with van der Waals surface area (Å²) >= 11 is 0. The lowest BCUT2D eigenvalue weighted by Gasteiger charge is -1.99. The summed E-state index contributed by atoms with van der Waals surface area (Å²) in [6.07, 6.45) is 6.58. The second-order valence-corrected chi connectivity index (χ2v) is 5.14. The Morgan fingerprint density at radius 1 is 1.08 bits per heavy atom. The first-order valence-corrected chi connectivity index (χ1v) is 6.88. The molecule has 0 saturated heterocycles. The molecule has 0 radical (unpaired) electrons. The zero-order valence-electron chi connectivity index (χ0n) is 7.96. The Bertz CT molecular complexity index is 201. The monoisotopic (exact) mass is 228 g/mol. The third-order valence-corrected chi connectivity index (χ3v) is 2.44. The molecule has 0 aromatic rings. The van der Waals surface area contributed by atoms with Crippen LogP contribution in [0.15, 0.2) is 0 Å². The normalized spacial score (nSPS) is 11.8. The summed E-state index contributed by atoms with van der Waals surface area (Å²) in [5.74, 6) is 0. The Morgan fingerprint density at radius 2 is 1.62 bits per heavy atom. The predicted octanol–water partition coefficient (Wildman–Crippen LogP) is 2.85. The van der Waals surface area contributed by atoms with Crippen LogP contribution in [0.3, 0.4) is 0 Å². The van der Waals surface area contributed by atoms with Crippen LogP contribution in [0.1, 0.15) is 45.4 Å². The van der Waals surface area contributed by atoms with Crippen LogP contribution >= 0.6 is 10.7 Å². The number of unbranched alkanes of at least 4 members (excludes halogenated alkanes) is 5. The molecule has 0 N–H and O–H groups in total. The van der Waals surface area contributed by atoms with Gasteiger partial charge in [0.05, 0.1) is 6.61 Å². The molecule has 0 atom stereocenters. The highest BCUT2D eigenvalue weighted by Crippen LogP contribution is 2.06. The molecule has 0 fully saturated rings. The molecule has 0 aliphatic heterocycles. The first-order chi connectivity index (χ1) is 6.06. The molecule has 80 valence electrons. The van der Waals surface area contributed by atoms with Crippen molar-refractivity contribution >= 4 is 20.0 Å². The molecule has 3 nitrogen and oxygen atoms in total. The van der Waals surface area contributed by atoms with Crippen molar-refractivity contribution < 1.29 is 12.6 Å². The lowest BCUT2D eigenvalue weighted by atomic mass is 10.1. The molecule has 0 amide bonds. The van der Waals surface area contributed by atoms with E-state index in [-0.39, 0.29) is 6.61 Å². The number of hydrogen-bond donors (Lipinski definition) is 0. The second kappa shape index (κ2) is 7.59. The van der Waals surface area contributed by atoms with E-state index < -0.39 is 9.33 Å². The van der Waals surface area contributed by atoms with Crippen LogP contribution in [-0.2, 0) is 13.5 Å². The van der Waals surface area contributed by atoms with Gasteiger partial charge in [-0.25, -0.2) is 0 Å². The Kier molecular flexibility index (Phi) is 7.71. The quantitative estimate of drug-likeness (QED) is 0.474. The van der Waals surface area contributed by atoms with E-state index in [0.29, 0.717) is 0 Å². The fourth-order valence-corrected chi connectivity index (χ4v) is 1.55. The van der Waals surface area contributed by atoms with E-state index in [9.17, 15) is 8.42 Å². The fraction of sp³-hybridized carbons (Fsp3) is 1.00. The summed E-state index contributed by atoms with van der Waals surface area (Å²) in [6, 6.07) is 0. The van der Waals surface area contributed by atoms with E-state index in [0.717, 1.165) is 19.3 Å². The topological polar surface area (TPSA) is 43.4 Å². The van der Waals surface area contributed by atoms with Gasteiger partial charge in [0, 0.05) is 10.7 Å². The summed E-state index contributed by atoms with van der Waals surface area (Å²) < 4.78 is 25.0. The maximum absolute atomic E-state index is 10.3. The van der Waals surface area contributed by atoms with Gasteiger partial charge in [0.25, 0.3) is 0 Å². The summed E-state index contributed by atoms with van der Waals surface area (Å²) in [4.78, 5) is 0. The molecular formula is C8H17ClO3S. The van der Waals surface area contributed by atoms with Gasteiger partial charge >= 0.3 is 9.33 Å². The lowest BCUT2D eigenvalue weighted by molar-refractivity contribution is 0.315. The first kappa shape index (κ1) is 13.2. The molecule has 0 bridgehead atoms. The summed E-state index contributed by atoms with van der Waals surface area (Å²) in [6.45, 7) is 2.36. The lowest BCUT2D eigenvalue weighted by Crippen LogP contribution is -1.98. The SMILES string of the molecule is CCCCCCCCOS(=O)(=O)Cl. The van der Waals surface area contributed by atoms with Gasteiger partial charge < -0.3 is 0 Å². The highest BCUT2D eigenvalue weighted by molar-refractivity contribution is 8.09. The number of halogens is 1. The molecule has 0 aliphatic rings. The average molecular weight is 229 g/mol. The van der Waals surface area contributed by atoms with Crippen molar-refractivity contribution in [2.75, 3.05) is 6.61 Å². The van der Waals surface area contributed by atoms with Gasteiger partial charge in [0.15, 0.2) is 0 Å². The van der Waals surface area contributed by atoms with Gasteiger partial charge in [0.2, 0.25) is 0 Å². The summed E-state index contributed by atoms with van der Waals surface area (Å²) in [7, 11) is 1.10. The molecular weight excluding hydrogens is 212 g/mol. The van der Waals surface area contributed by atoms with Crippen molar-refractivity contribution in [3.8, 4) is 0 Å². The molecule has 0 aromatic heterocycles. The largest absolute Gasteiger partial charge is 0.355 e. The molecule has 0 saturated carbocycles. The molecule has 0 aliphatic carbocycles. The molecule has 0 rings (SSSR count). The van der Waals surface area contributed by atoms with Crippen molar-refractivity contribution in [2.24, 2.45) is 0 Å². The molecule has 0 unspecified atom stereocenters. The smallest absolute Gasteiger partial charge is 0.258 e. The first-order valence-electron chi connectivity index (χ1n) is 4.65. The number of hydrogen-bond acceptors (Lipinski definition) is 3. The minimum absolute atomic E-state index is 0.206. The summed E-state index contributed by atoms with van der Waals surface area (Å²) in [5, 5.41) is 0. The van der Waals surface area contributed by atoms with Crippen LogP contribution in [0.2, 0.25) is 0 Å². The Hall–Kier alpha value is 0.200. The van der Waals surface area contributed by atoms with Crippen LogP contribution in [0.25, 0.3) is 0 Å². The van der Waals surface area contributed by atoms with Crippen molar-refractivity contribution in [1.29, 1.82) is 0 Å². The Morgan fingerprint density at radius 3 is 2.15 bits per heavy atom. The molecule has 13 heavy (non-hydrogen) atoms. The maximum atomic E-state index is 10.3. The zero-order chi connectivity index (χ0) is 10.2. The van der Waals surface area contributed by atoms with Gasteiger partial charge in [-0.1, -0.05) is 39.0 Å². The minimum atomic E-state index is -3.75. The number of rotatable bonds is 8. The third-order valence-electron chi connectivity index (χ3n) is 1.72. The van der Waals surface area contributed by atoms with Crippen LogP contribution < -0.4 is 0 Å². The molecule has 5 heteroatoms. The Balaban J connectivity index is 3.09. The van der Waals surface area contributed by atoms with E-state index in [1.807, 2.05) is 0 Å². The van der Waals surface area contributed by atoms with Gasteiger partial charge in [-0.3, -0.25) is 4.18 Å². The van der Waals surface area contributed by atoms with Gasteiger partial charge in [-0.2, -0.15) is 8.42 Å². The molecule has 0 aromatic carbocycles. The van der Waals surface area contributed by atoms with Crippen molar-refractivity contribution in [3.63, 3.8) is 0 Å². The van der Waals surface area contributed by atoms with Crippen LogP contribution in [0.5, 0.6) is 0 Å². The predicted molar refractivity (Wildman–Crippen MR) is 54.1 cm³/mol. The standard InChI is InChI=1S/C8H17ClO3S/c1-2-3-4-5-6-7-8-12-13(9,10)11/h2-8H2,1H3. The van der Waals surface area contributed by atoms with Crippen molar-refractivity contribution in [1.82, 2.24) is 0 Å². The van der Waals surface area contributed by atoms with Gasteiger partial charge in [0.1, 0.15) is 0 Å².